The Kier molecular flexibility index (Phi) is 4.26. The first kappa shape index (κ1) is 18.0. The number of halogens is 2. The summed E-state index contributed by atoms with van der Waals surface area (Å²) in [6, 6.07) is 7.96. The van der Waals surface area contributed by atoms with Gasteiger partial charge in [0.05, 0.1) is 11.3 Å². The third-order valence-electron chi connectivity index (χ3n) is 4.64. The van der Waals surface area contributed by atoms with Gasteiger partial charge in [-0.25, -0.2) is 23.2 Å². The van der Waals surface area contributed by atoms with E-state index in [4.69, 9.17) is 4.74 Å². The van der Waals surface area contributed by atoms with Crippen molar-refractivity contribution in [2.75, 3.05) is 0 Å². The van der Waals surface area contributed by atoms with Crippen molar-refractivity contribution in [2.24, 2.45) is 0 Å². The third-order valence-corrected chi connectivity index (χ3v) is 4.64. The van der Waals surface area contributed by atoms with Crippen molar-refractivity contribution in [1.29, 1.82) is 0 Å². The number of carbonyl (C=O) groups is 2. The van der Waals surface area contributed by atoms with E-state index in [1.165, 1.54) is 41.1 Å². The monoisotopic (exact) mass is 383 g/mol. The zero-order valence-corrected chi connectivity index (χ0v) is 15.1. The average molecular weight is 383 g/mol. The van der Waals surface area contributed by atoms with Crippen LogP contribution in [0.3, 0.4) is 0 Å². The molecule has 8 heteroatoms. The van der Waals surface area contributed by atoms with Crippen LogP contribution in [-0.4, -0.2) is 26.5 Å². The first-order chi connectivity index (χ1) is 13.3. The van der Waals surface area contributed by atoms with Gasteiger partial charge in [0.2, 0.25) is 0 Å². The molecule has 4 rings (SSSR count). The summed E-state index contributed by atoms with van der Waals surface area (Å²) in [5, 5.41) is 4.10. The Bertz CT molecular complexity index is 1110. The third kappa shape index (κ3) is 2.96. The smallest absolute Gasteiger partial charge is 0.383 e. The van der Waals surface area contributed by atoms with Crippen LogP contribution < -0.4 is 4.74 Å². The first-order valence-electron chi connectivity index (χ1n) is 8.62. The van der Waals surface area contributed by atoms with E-state index in [2.05, 4.69) is 10.1 Å². The normalized spacial score (nSPS) is 15.6. The van der Waals surface area contributed by atoms with Crippen LogP contribution in [0.25, 0.3) is 5.69 Å². The Morgan fingerprint density at radius 2 is 1.89 bits per heavy atom. The molecule has 0 radical (unpaired) electrons. The largest absolute Gasteiger partial charge is 0.420 e. The maximum absolute atomic E-state index is 14.1. The van der Waals surface area contributed by atoms with Gasteiger partial charge in [-0.3, -0.25) is 4.79 Å². The van der Waals surface area contributed by atoms with Crippen molar-refractivity contribution in [2.45, 2.75) is 26.2 Å². The fraction of sp³-hybridized carbons (Fsp3) is 0.200. The van der Waals surface area contributed by atoms with Crippen molar-refractivity contribution in [3.63, 3.8) is 0 Å². The quantitative estimate of drug-likeness (QED) is 0.509. The van der Waals surface area contributed by atoms with Crippen LogP contribution >= 0.6 is 0 Å². The maximum atomic E-state index is 14.1. The predicted molar refractivity (Wildman–Crippen MR) is 94.8 cm³/mol. The lowest BCUT2D eigenvalue weighted by Gasteiger charge is -2.09. The summed E-state index contributed by atoms with van der Waals surface area (Å²) in [6.07, 6.45) is 0.164. The van der Waals surface area contributed by atoms with Gasteiger partial charge >= 0.3 is 5.97 Å². The van der Waals surface area contributed by atoms with Crippen LogP contribution in [0, 0.1) is 18.6 Å². The standard InChI is InChI=1S/C20H15F2N3O3/c1-10-9-15(26)18-16(8-7-14(22)17(10)18)28-20(27)19-23-11(2)25(24-19)13-5-3-12(21)4-6-13/h3-8,10H,9H2,1-2H3. The van der Waals surface area contributed by atoms with Gasteiger partial charge in [-0.15, -0.1) is 5.10 Å². The number of hydrogen-bond donors (Lipinski definition) is 0. The number of hydrogen-bond acceptors (Lipinski definition) is 5. The molecule has 0 saturated carbocycles. The van der Waals surface area contributed by atoms with Crippen molar-refractivity contribution < 1.29 is 23.1 Å². The van der Waals surface area contributed by atoms with Crippen LogP contribution in [0.4, 0.5) is 8.78 Å². The van der Waals surface area contributed by atoms with Gasteiger partial charge in [0.15, 0.2) is 5.78 Å². The van der Waals surface area contributed by atoms with Crippen molar-refractivity contribution >= 4 is 11.8 Å². The Labute approximate surface area is 158 Å². The fourth-order valence-corrected chi connectivity index (χ4v) is 3.36. The molecule has 0 amide bonds. The minimum absolute atomic E-state index is 0.00784. The molecule has 0 N–H and O–H groups in total. The molecule has 0 fully saturated rings. The fourth-order valence-electron chi connectivity index (χ4n) is 3.36. The van der Waals surface area contributed by atoms with E-state index >= 15 is 0 Å². The minimum atomic E-state index is -0.870. The molecule has 1 atom stereocenters. The summed E-state index contributed by atoms with van der Waals surface area (Å²) in [5.41, 5.74) is 0.879. The number of ether oxygens (including phenoxy) is 1. The second-order valence-corrected chi connectivity index (χ2v) is 6.62. The molecule has 1 heterocycles. The molecule has 2 aromatic carbocycles. The second kappa shape index (κ2) is 6.63. The highest BCUT2D eigenvalue weighted by Gasteiger charge is 2.33. The van der Waals surface area contributed by atoms with Crippen LogP contribution in [0.15, 0.2) is 36.4 Å². The van der Waals surface area contributed by atoms with Gasteiger partial charge in [0.1, 0.15) is 23.2 Å². The lowest BCUT2D eigenvalue weighted by Crippen LogP contribution is -2.13. The molecule has 28 heavy (non-hydrogen) atoms. The number of fused-ring (bicyclic) bond motifs is 1. The zero-order chi connectivity index (χ0) is 20.0. The van der Waals surface area contributed by atoms with E-state index in [0.29, 0.717) is 11.5 Å². The van der Waals surface area contributed by atoms with E-state index < -0.39 is 17.6 Å². The van der Waals surface area contributed by atoms with Gasteiger partial charge in [-0.1, -0.05) is 6.92 Å². The highest BCUT2D eigenvalue weighted by Crippen LogP contribution is 2.39. The molecule has 3 aromatic rings. The molecule has 0 spiro atoms. The summed E-state index contributed by atoms with van der Waals surface area (Å²) < 4.78 is 33.9. The van der Waals surface area contributed by atoms with Crippen LogP contribution in [0.1, 0.15) is 51.6 Å². The van der Waals surface area contributed by atoms with E-state index in [0.717, 1.165) is 0 Å². The van der Waals surface area contributed by atoms with Crippen molar-refractivity contribution in [3.8, 4) is 11.4 Å². The number of Topliss-reactive ketones (excluding diaryl/α,β-unsaturated/α-hetero) is 1. The molecule has 0 bridgehead atoms. The average Bonchev–Trinajstić information content (AvgIpc) is 3.18. The topological polar surface area (TPSA) is 74.1 Å². The Hall–Kier alpha value is -3.42. The Morgan fingerprint density at radius 1 is 1.18 bits per heavy atom. The molecular weight excluding hydrogens is 368 g/mol. The van der Waals surface area contributed by atoms with Crippen LogP contribution in [0.2, 0.25) is 0 Å². The molecule has 1 unspecified atom stereocenters. The van der Waals surface area contributed by atoms with E-state index in [-0.39, 0.29) is 40.8 Å². The number of esters is 1. The molecule has 0 saturated heterocycles. The molecule has 0 aliphatic heterocycles. The molecule has 6 nitrogen and oxygen atoms in total. The summed E-state index contributed by atoms with van der Waals surface area (Å²) in [5.74, 6) is -2.15. The second-order valence-electron chi connectivity index (χ2n) is 6.62. The number of aryl methyl sites for hydroxylation is 1. The zero-order valence-electron chi connectivity index (χ0n) is 15.1. The number of ketones is 1. The summed E-state index contributed by atoms with van der Waals surface area (Å²) in [4.78, 5) is 28.8. The van der Waals surface area contributed by atoms with Crippen molar-refractivity contribution in [3.05, 3.63) is 70.8 Å². The predicted octanol–water partition coefficient (Wildman–Crippen LogP) is 3.76. The minimum Gasteiger partial charge on any atom is -0.420 e. The van der Waals surface area contributed by atoms with Crippen LogP contribution in [0.5, 0.6) is 5.75 Å². The summed E-state index contributed by atoms with van der Waals surface area (Å²) in [7, 11) is 0. The lowest BCUT2D eigenvalue weighted by molar-refractivity contribution is 0.0720. The SMILES string of the molecule is Cc1nc(C(=O)Oc2ccc(F)c3c2C(=O)CC3C)nn1-c1ccc(F)cc1. The van der Waals surface area contributed by atoms with Crippen molar-refractivity contribution in [1.82, 2.24) is 14.8 Å². The van der Waals surface area contributed by atoms with E-state index in [1.54, 1.807) is 13.8 Å². The number of benzene rings is 2. The summed E-state index contributed by atoms with van der Waals surface area (Å²) in [6.45, 7) is 3.38. The van der Waals surface area contributed by atoms with E-state index in [1.807, 2.05) is 0 Å². The Balaban J connectivity index is 1.65. The number of carbonyl (C=O) groups excluding carboxylic acids is 2. The lowest BCUT2D eigenvalue weighted by atomic mass is 10.0. The van der Waals surface area contributed by atoms with Gasteiger partial charge in [0, 0.05) is 12.0 Å². The van der Waals surface area contributed by atoms with Crippen LogP contribution in [-0.2, 0) is 0 Å². The molecular formula is C20H15F2N3O3. The molecule has 1 aliphatic carbocycles. The van der Waals surface area contributed by atoms with Gasteiger partial charge < -0.3 is 4.74 Å². The van der Waals surface area contributed by atoms with E-state index in [9.17, 15) is 18.4 Å². The highest BCUT2D eigenvalue weighted by atomic mass is 19.1. The number of rotatable bonds is 3. The molecule has 1 aromatic heterocycles. The summed E-state index contributed by atoms with van der Waals surface area (Å²) >= 11 is 0. The molecule has 142 valence electrons. The van der Waals surface area contributed by atoms with Gasteiger partial charge in [0.25, 0.3) is 5.82 Å². The maximum Gasteiger partial charge on any atom is 0.383 e. The number of nitrogens with zero attached hydrogens (tertiary/aromatic N) is 3. The highest BCUT2D eigenvalue weighted by molar-refractivity contribution is 6.04. The number of aromatic nitrogens is 3. The Morgan fingerprint density at radius 3 is 2.61 bits per heavy atom. The van der Waals surface area contributed by atoms with Gasteiger partial charge in [-0.05, 0) is 49.2 Å². The van der Waals surface area contributed by atoms with Gasteiger partial charge in [-0.2, -0.15) is 0 Å². The first-order valence-corrected chi connectivity index (χ1v) is 8.62. The molecule has 1 aliphatic rings.